The van der Waals surface area contributed by atoms with E-state index >= 15 is 0 Å². The molecule has 0 spiro atoms. The SMILES string of the molecule is CCN(CC1CCCO1)C(=O)c1cccc(S)c1. The van der Waals surface area contributed by atoms with E-state index < -0.39 is 0 Å². The zero-order valence-corrected chi connectivity index (χ0v) is 11.5. The van der Waals surface area contributed by atoms with E-state index in [4.69, 9.17) is 4.74 Å². The topological polar surface area (TPSA) is 29.5 Å². The molecule has 1 fully saturated rings. The lowest BCUT2D eigenvalue weighted by Crippen LogP contribution is -2.37. The fourth-order valence-corrected chi connectivity index (χ4v) is 2.44. The molecule has 0 bridgehead atoms. The standard InChI is InChI=1S/C14H19NO2S/c1-2-15(10-12-6-4-8-17-12)14(16)11-5-3-7-13(18)9-11/h3,5,7,9,12,18H,2,4,6,8,10H2,1H3. The smallest absolute Gasteiger partial charge is 0.253 e. The van der Waals surface area contributed by atoms with Gasteiger partial charge in [-0.2, -0.15) is 0 Å². The van der Waals surface area contributed by atoms with Gasteiger partial charge in [-0.05, 0) is 38.0 Å². The predicted octanol–water partition coefficient (Wildman–Crippen LogP) is 2.62. The van der Waals surface area contributed by atoms with Crippen molar-refractivity contribution in [2.24, 2.45) is 0 Å². The third-order valence-corrected chi connectivity index (χ3v) is 3.49. The predicted molar refractivity (Wildman–Crippen MR) is 74.2 cm³/mol. The number of rotatable bonds is 4. The summed E-state index contributed by atoms with van der Waals surface area (Å²) < 4.78 is 5.59. The van der Waals surface area contributed by atoms with Gasteiger partial charge in [0.15, 0.2) is 0 Å². The Bertz CT molecular complexity index is 416. The van der Waals surface area contributed by atoms with Gasteiger partial charge in [0.25, 0.3) is 5.91 Å². The number of benzene rings is 1. The molecule has 1 aromatic carbocycles. The molecule has 3 nitrogen and oxygen atoms in total. The van der Waals surface area contributed by atoms with Crippen molar-refractivity contribution in [3.8, 4) is 0 Å². The maximum Gasteiger partial charge on any atom is 0.253 e. The third-order valence-electron chi connectivity index (χ3n) is 3.21. The summed E-state index contributed by atoms with van der Waals surface area (Å²) in [6, 6.07) is 7.37. The highest BCUT2D eigenvalue weighted by atomic mass is 32.1. The van der Waals surface area contributed by atoms with Gasteiger partial charge in [-0.1, -0.05) is 6.07 Å². The van der Waals surface area contributed by atoms with Gasteiger partial charge in [-0.3, -0.25) is 4.79 Å². The van der Waals surface area contributed by atoms with Gasteiger partial charge in [0.05, 0.1) is 6.10 Å². The van der Waals surface area contributed by atoms with Crippen molar-refractivity contribution in [1.29, 1.82) is 0 Å². The van der Waals surface area contributed by atoms with Crippen LogP contribution in [0, 0.1) is 0 Å². The number of likely N-dealkylation sites (N-methyl/N-ethyl adjacent to an activating group) is 1. The fraction of sp³-hybridized carbons (Fsp3) is 0.500. The number of carbonyl (C=O) groups excluding carboxylic acids is 1. The summed E-state index contributed by atoms with van der Waals surface area (Å²) in [6.45, 7) is 4.21. The number of hydrogen-bond acceptors (Lipinski definition) is 3. The molecule has 4 heteroatoms. The molecular formula is C14H19NO2S. The molecule has 2 rings (SSSR count). The highest BCUT2D eigenvalue weighted by molar-refractivity contribution is 7.80. The number of carbonyl (C=O) groups is 1. The summed E-state index contributed by atoms with van der Waals surface area (Å²) in [5, 5.41) is 0. The van der Waals surface area contributed by atoms with Crippen LogP contribution in [-0.2, 0) is 4.74 Å². The van der Waals surface area contributed by atoms with Crippen LogP contribution in [0.3, 0.4) is 0 Å². The molecule has 1 amide bonds. The third kappa shape index (κ3) is 3.27. The van der Waals surface area contributed by atoms with Crippen LogP contribution < -0.4 is 0 Å². The van der Waals surface area contributed by atoms with E-state index in [-0.39, 0.29) is 12.0 Å². The minimum atomic E-state index is 0.0592. The first-order chi connectivity index (χ1) is 8.70. The van der Waals surface area contributed by atoms with Gasteiger partial charge < -0.3 is 9.64 Å². The van der Waals surface area contributed by atoms with Gasteiger partial charge >= 0.3 is 0 Å². The molecule has 0 saturated carbocycles. The molecule has 1 atom stereocenters. The van der Waals surface area contributed by atoms with Crippen molar-refractivity contribution in [3.63, 3.8) is 0 Å². The minimum Gasteiger partial charge on any atom is -0.376 e. The monoisotopic (exact) mass is 265 g/mol. The summed E-state index contributed by atoms with van der Waals surface area (Å²) in [6.07, 6.45) is 2.35. The van der Waals surface area contributed by atoms with Crippen LogP contribution in [-0.4, -0.2) is 36.6 Å². The Labute approximate surface area is 114 Å². The summed E-state index contributed by atoms with van der Waals surface area (Å²) in [5.74, 6) is 0.0592. The Balaban J connectivity index is 2.04. The van der Waals surface area contributed by atoms with E-state index in [1.807, 2.05) is 36.1 Å². The Morgan fingerprint density at radius 3 is 3.00 bits per heavy atom. The molecule has 0 radical (unpaired) electrons. The first-order valence-electron chi connectivity index (χ1n) is 6.40. The van der Waals surface area contributed by atoms with Gasteiger partial charge in [-0.25, -0.2) is 0 Å². The molecule has 1 unspecified atom stereocenters. The van der Waals surface area contributed by atoms with Crippen molar-refractivity contribution in [2.45, 2.75) is 30.8 Å². The molecule has 98 valence electrons. The largest absolute Gasteiger partial charge is 0.376 e. The molecule has 1 aliphatic rings. The average Bonchev–Trinajstić information content (AvgIpc) is 2.88. The summed E-state index contributed by atoms with van der Waals surface area (Å²) >= 11 is 4.27. The fourth-order valence-electron chi connectivity index (χ4n) is 2.21. The van der Waals surface area contributed by atoms with Gasteiger partial charge in [0.1, 0.15) is 0 Å². The second-order valence-electron chi connectivity index (χ2n) is 4.53. The van der Waals surface area contributed by atoms with E-state index in [9.17, 15) is 4.79 Å². The van der Waals surface area contributed by atoms with Crippen molar-refractivity contribution >= 4 is 18.5 Å². The van der Waals surface area contributed by atoms with Gasteiger partial charge in [-0.15, -0.1) is 12.6 Å². The van der Waals surface area contributed by atoms with Crippen molar-refractivity contribution in [2.75, 3.05) is 19.7 Å². The van der Waals surface area contributed by atoms with Crippen molar-refractivity contribution in [1.82, 2.24) is 4.90 Å². The molecular weight excluding hydrogens is 246 g/mol. The molecule has 0 aromatic heterocycles. The lowest BCUT2D eigenvalue weighted by atomic mass is 10.1. The van der Waals surface area contributed by atoms with Crippen LogP contribution in [0.15, 0.2) is 29.2 Å². The van der Waals surface area contributed by atoms with E-state index in [0.29, 0.717) is 18.7 Å². The Hall–Kier alpha value is -1.00. The average molecular weight is 265 g/mol. The van der Waals surface area contributed by atoms with E-state index in [1.54, 1.807) is 0 Å². The van der Waals surface area contributed by atoms with Crippen LogP contribution in [0.25, 0.3) is 0 Å². The maximum atomic E-state index is 12.4. The quantitative estimate of drug-likeness (QED) is 0.848. The lowest BCUT2D eigenvalue weighted by molar-refractivity contribution is 0.0539. The lowest BCUT2D eigenvalue weighted by Gasteiger charge is -2.24. The minimum absolute atomic E-state index is 0.0592. The zero-order valence-electron chi connectivity index (χ0n) is 10.6. The second kappa shape index (κ2) is 6.25. The molecule has 1 aliphatic heterocycles. The number of thiol groups is 1. The van der Waals surface area contributed by atoms with Crippen LogP contribution in [0.5, 0.6) is 0 Å². The second-order valence-corrected chi connectivity index (χ2v) is 5.05. The van der Waals surface area contributed by atoms with Gasteiger partial charge in [0, 0.05) is 30.2 Å². The van der Waals surface area contributed by atoms with Crippen LogP contribution >= 0.6 is 12.6 Å². The molecule has 1 heterocycles. The van der Waals surface area contributed by atoms with Crippen LogP contribution in [0.4, 0.5) is 0 Å². The number of amides is 1. The molecule has 0 N–H and O–H groups in total. The van der Waals surface area contributed by atoms with E-state index in [2.05, 4.69) is 12.6 Å². The Kier molecular flexibility index (Phi) is 4.66. The summed E-state index contributed by atoms with van der Waals surface area (Å²) in [4.78, 5) is 15.0. The zero-order chi connectivity index (χ0) is 13.0. The first kappa shape index (κ1) is 13.4. The highest BCUT2D eigenvalue weighted by Gasteiger charge is 2.22. The molecule has 0 aliphatic carbocycles. The highest BCUT2D eigenvalue weighted by Crippen LogP contribution is 2.16. The number of ether oxygens (including phenoxy) is 1. The summed E-state index contributed by atoms with van der Waals surface area (Å²) in [7, 11) is 0. The van der Waals surface area contributed by atoms with Crippen LogP contribution in [0.1, 0.15) is 30.1 Å². The van der Waals surface area contributed by atoms with Crippen molar-refractivity contribution < 1.29 is 9.53 Å². The van der Waals surface area contributed by atoms with E-state index in [0.717, 1.165) is 24.3 Å². The molecule has 18 heavy (non-hydrogen) atoms. The maximum absolute atomic E-state index is 12.4. The summed E-state index contributed by atoms with van der Waals surface area (Å²) in [5.41, 5.74) is 0.697. The number of nitrogens with zero attached hydrogens (tertiary/aromatic N) is 1. The first-order valence-corrected chi connectivity index (χ1v) is 6.85. The van der Waals surface area contributed by atoms with E-state index in [1.165, 1.54) is 0 Å². The Morgan fingerprint density at radius 1 is 1.56 bits per heavy atom. The molecule has 1 saturated heterocycles. The Morgan fingerprint density at radius 2 is 2.39 bits per heavy atom. The van der Waals surface area contributed by atoms with Crippen LogP contribution in [0.2, 0.25) is 0 Å². The number of hydrogen-bond donors (Lipinski definition) is 1. The van der Waals surface area contributed by atoms with Crippen molar-refractivity contribution in [3.05, 3.63) is 29.8 Å². The molecule has 1 aromatic rings. The normalized spacial score (nSPS) is 18.9. The van der Waals surface area contributed by atoms with Gasteiger partial charge in [0.2, 0.25) is 0 Å².